The molecular weight excluding hydrogens is 258 g/mol. The molecule has 2 aromatic heterocycles. The van der Waals surface area contributed by atoms with Crippen LogP contribution in [0.3, 0.4) is 0 Å². The van der Waals surface area contributed by atoms with Crippen LogP contribution >= 0.6 is 38.9 Å². The standard InChI is InChI=1S/C8H5BrClNS/c1-4-6-5(12-7(4)9)2-3-11-8(6)10/h2-3H,1H3. The molecule has 0 aromatic carbocycles. The summed E-state index contributed by atoms with van der Waals surface area (Å²) in [6.07, 6.45) is 1.73. The van der Waals surface area contributed by atoms with Gasteiger partial charge >= 0.3 is 0 Å². The number of halogens is 2. The van der Waals surface area contributed by atoms with E-state index in [1.165, 1.54) is 10.3 Å². The number of pyridine rings is 1. The lowest BCUT2D eigenvalue weighted by molar-refractivity contribution is 1.36. The molecule has 0 saturated carbocycles. The number of fused-ring (bicyclic) bond motifs is 1. The molecule has 0 saturated heterocycles. The molecule has 0 fully saturated rings. The zero-order chi connectivity index (χ0) is 8.72. The Morgan fingerprint density at radius 1 is 1.58 bits per heavy atom. The maximum atomic E-state index is 5.95. The Kier molecular flexibility index (Phi) is 2.10. The van der Waals surface area contributed by atoms with Crippen molar-refractivity contribution < 1.29 is 0 Å². The van der Waals surface area contributed by atoms with E-state index in [1.54, 1.807) is 17.5 Å². The van der Waals surface area contributed by atoms with Crippen LogP contribution in [-0.2, 0) is 0 Å². The lowest BCUT2D eigenvalue weighted by atomic mass is 10.2. The molecule has 0 aliphatic carbocycles. The molecule has 2 rings (SSSR count). The molecule has 4 heteroatoms. The van der Waals surface area contributed by atoms with Crippen molar-refractivity contribution in [3.63, 3.8) is 0 Å². The van der Waals surface area contributed by atoms with Gasteiger partial charge in [-0.15, -0.1) is 11.3 Å². The van der Waals surface area contributed by atoms with E-state index in [9.17, 15) is 0 Å². The van der Waals surface area contributed by atoms with E-state index in [0.29, 0.717) is 5.15 Å². The molecule has 12 heavy (non-hydrogen) atoms. The van der Waals surface area contributed by atoms with Crippen molar-refractivity contribution in [3.8, 4) is 0 Å². The van der Waals surface area contributed by atoms with Gasteiger partial charge in [-0.1, -0.05) is 11.6 Å². The molecular formula is C8H5BrClNS. The molecule has 0 N–H and O–H groups in total. The highest BCUT2D eigenvalue weighted by molar-refractivity contribution is 9.11. The summed E-state index contributed by atoms with van der Waals surface area (Å²) in [7, 11) is 0. The molecule has 0 aliphatic rings. The first-order chi connectivity index (χ1) is 5.70. The number of aromatic nitrogens is 1. The van der Waals surface area contributed by atoms with Crippen LogP contribution in [-0.4, -0.2) is 4.98 Å². The van der Waals surface area contributed by atoms with Crippen molar-refractivity contribution in [2.75, 3.05) is 0 Å². The van der Waals surface area contributed by atoms with Gasteiger partial charge in [0.05, 0.1) is 3.79 Å². The lowest BCUT2D eigenvalue weighted by Gasteiger charge is -1.92. The first-order valence-electron chi connectivity index (χ1n) is 3.39. The van der Waals surface area contributed by atoms with Crippen molar-refractivity contribution in [1.82, 2.24) is 4.98 Å². The maximum absolute atomic E-state index is 5.95. The van der Waals surface area contributed by atoms with E-state index < -0.39 is 0 Å². The van der Waals surface area contributed by atoms with Crippen LogP contribution in [0.2, 0.25) is 5.15 Å². The molecule has 0 amide bonds. The number of nitrogens with zero attached hydrogens (tertiary/aromatic N) is 1. The van der Waals surface area contributed by atoms with Crippen LogP contribution in [0.1, 0.15) is 5.56 Å². The summed E-state index contributed by atoms with van der Waals surface area (Å²) in [6.45, 7) is 2.04. The van der Waals surface area contributed by atoms with Crippen LogP contribution < -0.4 is 0 Å². The fraction of sp³-hybridized carbons (Fsp3) is 0.125. The van der Waals surface area contributed by atoms with E-state index in [4.69, 9.17) is 11.6 Å². The van der Waals surface area contributed by atoms with Gasteiger partial charge in [-0.25, -0.2) is 4.98 Å². The Hall–Kier alpha value is -0.120. The van der Waals surface area contributed by atoms with Crippen molar-refractivity contribution in [3.05, 3.63) is 26.8 Å². The van der Waals surface area contributed by atoms with E-state index in [1.807, 2.05) is 13.0 Å². The predicted molar refractivity (Wildman–Crippen MR) is 57.1 cm³/mol. The Morgan fingerprint density at radius 3 is 3.00 bits per heavy atom. The van der Waals surface area contributed by atoms with Gasteiger partial charge in [0.2, 0.25) is 0 Å². The molecule has 0 aliphatic heterocycles. The van der Waals surface area contributed by atoms with E-state index in [0.717, 1.165) is 9.17 Å². The summed E-state index contributed by atoms with van der Waals surface area (Å²) in [5, 5.41) is 1.66. The fourth-order valence-electron chi connectivity index (χ4n) is 1.12. The summed E-state index contributed by atoms with van der Waals surface area (Å²) in [5.41, 5.74) is 1.17. The van der Waals surface area contributed by atoms with Crippen LogP contribution in [0.15, 0.2) is 16.0 Å². The summed E-state index contributed by atoms with van der Waals surface area (Å²) in [5.74, 6) is 0. The average molecular weight is 263 g/mol. The van der Waals surface area contributed by atoms with Crippen LogP contribution in [0.25, 0.3) is 10.1 Å². The molecule has 1 nitrogen and oxygen atoms in total. The van der Waals surface area contributed by atoms with E-state index in [-0.39, 0.29) is 0 Å². The average Bonchev–Trinajstić information content (AvgIpc) is 2.29. The van der Waals surface area contributed by atoms with Crippen LogP contribution in [0.5, 0.6) is 0 Å². The number of hydrogen-bond donors (Lipinski definition) is 0. The zero-order valence-corrected chi connectivity index (χ0v) is 9.42. The second kappa shape index (κ2) is 2.98. The third kappa shape index (κ3) is 1.16. The summed E-state index contributed by atoms with van der Waals surface area (Å²) in [4.78, 5) is 4.03. The maximum Gasteiger partial charge on any atom is 0.137 e. The molecule has 2 heterocycles. The predicted octanol–water partition coefficient (Wildman–Crippen LogP) is 4.02. The number of thiophene rings is 1. The molecule has 0 bridgehead atoms. The second-order valence-electron chi connectivity index (χ2n) is 2.48. The third-order valence-electron chi connectivity index (χ3n) is 1.74. The quantitative estimate of drug-likeness (QED) is 0.654. The normalized spacial score (nSPS) is 10.9. The fourth-order valence-corrected chi connectivity index (χ4v) is 3.12. The van der Waals surface area contributed by atoms with Gasteiger partial charge in [0.15, 0.2) is 0 Å². The Labute approximate surface area is 87.5 Å². The molecule has 0 unspecified atom stereocenters. The van der Waals surface area contributed by atoms with Gasteiger partial charge in [-0.05, 0) is 34.5 Å². The Balaban J connectivity index is 2.97. The van der Waals surface area contributed by atoms with Crippen LogP contribution in [0, 0.1) is 6.92 Å². The number of rotatable bonds is 0. The topological polar surface area (TPSA) is 12.9 Å². The minimum Gasteiger partial charge on any atom is -0.244 e. The van der Waals surface area contributed by atoms with Gasteiger partial charge in [0.1, 0.15) is 5.15 Å². The van der Waals surface area contributed by atoms with Crippen molar-refractivity contribution in [1.29, 1.82) is 0 Å². The minimum atomic E-state index is 0.590. The molecule has 0 atom stereocenters. The highest BCUT2D eigenvalue weighted by Crippen LogP contribution is 2.37. The molecule has 0 radical (unpaired) electrons. The molecule has 0 spiro atoms. The smallest absolute Gasteiger partial charge is 0.137 e. The van der Waals surface area contributed by atoms with Gasteiger partial charge in [0, 0.05) is 16.3 Å². The first kappa shape index (κ1) is 8.48. The molecule has 2 aromatic rings. The highest BCUT2D eigenvalue weighted by atomic mass is 79.9. The molecule has 62 valence electrons. The number of aryl methyl sites for hydroxylation is 1. The second-order valence-corrected chi connectivity index (χ2v) is 5.20. The third-order valence-corrected chi connectivity index (χ3v) is 4.15. The monoisotopic (exact) mass is 261 g/mol. The minimum absolute atomic E-state index is 0.590. The SMILES string of the molecule is Cc1c(Br)sc2ccnc(Cl)c12. The van der Waals surface area contributed by atoms with Gasteiger partial charge in [0.25, 0.3) is 0 Å². The summed E-state index contributed by atoms with van der Waals surface area (Å²) >= 11 is 11.1. The van der Waals surface area contributed by atoms with Gasteiger partial charge in [-0.2, -0.15) is 0 Å². The van der Waals surface area contributed by atoms with Crippen molar-refractivity contribution in [2.45, 2.75) is 6.92 Å². The van der Waals surface area contributed by atoms with E-state index >= 15 is 0 Å². The Morgan fingerprint density at radius 2 is 2.33 bits per heavy atom. The van der Waals surface area contributed by atoms with Crippen LogP contribution in [0.4, 0.5) is 0 Å². The van der Waals surface area contributed by atoms with Crippen molar-refractivity contribution >= 4 is 49.0 Å². The summed E-state index contributed by atoms with van der Waals surface area (Å²) < 4.78 is 2.31. The zero-order valence-electron chi connectivity index (χ0n) is 6.27. The number of hydrogen-bond acceptors (Lipinski definition) is 2. The van der Waals surface area contributed by atoms with E-state index in [2.05, 4.69) is 20.9 Å². The van der Waals surface area contributed by atoms with Crippen molar-refractivity contribution in [2.24, 2.45) is 0 Å². The Bertz CT molecular complexity index is 438. The lowest BCUT2D eigenvalue weighted by Crippen LogP contribution is -1.75. The van der Waals surface area contributed by atoms with Gasteiger partial charge in [-0.3, -0.25) is 0 Å². The first-order valence-corrected chi connectivity index (χ1v) is 5.38. The largest absolute Gasteiger partial charge is 0.244 e. The highest BCUT2D eigenvalue weighted by Gasteiger charge is 2.08. The van der Waals surface area contributed by atoms with Gasteiger partial charge < -0.3 is 0 Å². The summed E-state index contributed by atoms with van der Waals surface area (Å²) in [6, 6.07) is 1.98.